The van der Waals surface area contributed by atoms with E-state index in [1.54, 1.807) is 0 Å². The summed E-state index contributed by atoms with van der Waals surface area (Å²) in [5.74, 6) is 0. The average molecular weight is 515 g/mol. The molecule has 0 N–H and O–H groups in total. The Morgan fingerprint density at radius 2 is 1.88 bits per heavy atom. The van der Waals surface area contributed by atoms with Crippen LogP contribution in [0.25, 0.3) is 0 Å². The van der Waals surface area contributed by atoms with Crippen LogP contribution in [0.4, 0.5) is 4.79 Å². The Bertz CT molecular complexity index is 939. The van der Waals surface area contributed by atoms with Gasteiger partial charge in [0.25, 0.3) is 0 Å². The zero-order valence-electron chi connectivity index (χ0n) is 18.1. The molecule has 1 amide bonds. The van der Waals surface area contributed by atoms with Gasteiger partial charge in [0.1, 0.15) is 6.61 Å². The number of piperidine rings is 1. The third-order valence-electron chi connectivity index (χ3n) is 5.50. The van der Waals surface area contributed by atoms with Crippen molar-refractivity contribution < 1.29 is 9.53 Å². The van der Waals surface area contributed by atoms with Gasteiger partial charge in [-0.05, 0) is 48.8 Å². The van der Waals surface area contributed by atoms with Crippen LogP contribution in [-0.4, -0.2) is 53.0 Å². The third kappa shape index (κ3) is 7.01. The molecule has 1 aliphatic heterocycles. The molecule has 0 radical (unpaired) electrons. The Morgan fingerprint density at radius 3 is 2.50 bits per heavy atom. The number of nitrogens with zero attached hydrogens (tertiary/aromatic N) is 4. The van der Waals surface area contributed by atoms with Crippen molar-refractivity contribution >= 4 is 39.0 Å². The fourth-order valence-electron chi connectivity index (χ4n) is 3.78. The smallest absolute Gasteiger partial charge is 0.410 e. The Balaban J connectivity index is 1.65. The number of benzene rings is 2. The van der Waals surface area contributed by atoms with Crippen molar-refractivity contribution in [3.63, 3.8) is 0 Å². The van der Waals surface area contributed by atoms with Crippen molar-refractivity contribution in [2.75, 3.05) is 25.9 Å². The summed E-state index contributed by atoms with van der Waals surface area (Å²) in [6.45, 7) is 2.37. The second-order valence-electron chi connectivity index (χ2n) is 7.53. The van der Waals surface area contributed by atoms with Crippen LogP contribution in [0.15, 0.2) is 64.1 Å². The van der Waals surface area contributed by atoms with E-state index < -0.39 is 0 Å². The molecule has 0 spiro atoms. The predicted molar refractivity (Wildman–Crippen MR) is 132 cm³/mol. The summed E-state index contributed by atoms with van der Waals surface area (Å²) in [6, 6.07) is 18.0. The zero-order chi connectivity index (χ0) is 22.8. The van der Waals surface area contributed by atoms with Gasteiger partial charge in [0, 0.05) is 30.1 Å². The molecule has 1 aliphatic rings. The Hall–Kier alpha value is -2.50. The number of carbonyl (C=O) groups is 1. The summed E-state index contributed by atoms with van der Waals surface area (Å²) < 4.78 is 6.72. The van der Waals surface area contributed by atoms with Gasteiger partial charge in [-0.15, -0.1) is 4.99 Å². The van der Waals surface area contributed by atoms with E-state index in [4.69, 9.17) is 10.00 Å². The molecule has 0 bridgehead atoms. The van der Waals surface area contributed by atoms with Gasteiger partial charge in [0.05, 0.1) is 0 Å². The molecule has 1 saturated heterocycles. The number of rotatable bonds is 6. The third-order valence-corrected chi connectivity index (χ3v) is 6.74. The van der Waals surface area contributed by atoms with Gasteiger partial charge in [-0.25, -0.2) is 4.79 Å². The first-order valence-corrected chi connectivity index (χ1v) is 12.6. The van der Waals surface area contributed by atoms with Crippen LogP contribution in [0.3, 0.4) is 0 Å². The number of likely N-dealkylation sites (tertiary alicyclic amines) is 1. The first-order valence-electron chi connectivity index (χ1n) is 10.6. The molecule has 0 unspecified atom stereocenters. The summed E-state index contributed by atoms with van der Waals surface area (Å²) in [5.41, 5.74) is 2.15. The lowest BCUT2D eigenvalue weighted by Gasteiger charge is -2.38. The van der Waals surface area contributed by atoms with Crippen molar-refractivity contribution in [1.29, 1.82) is 5.26 Å². The van der Waals surface area contributed by atoms with E-state index in [-0.39, 0.29) is 18.7 Å². The van der Waals surface area contributed by atoms with Crippen LogP contribution >= 0.6 is 27.7 Å². The number of carbonyl (C=O) groups excluding carboxylic acids is 1. The standard InChI is InChI=1S/C24H27BrN4O2S/c1-32-23(27-18-26)28-14-12-22(13-15-28)29(16-11-19-7-9-21(25)10-8-19)24(30)31-17-20-5-3-2-4-6-20/h2-10,22H,11-17H2,1H3/b27-23-. The molecule has 2 aromatic rings. The lowest BCUT2D eigenvalue weighted by molar-refractivity contribution is 0.0684. The van der Waals surface area contributed by atoms with Crippen LogP contribution in [0.2, 0.25) is 0 Å². The monoisotopic (exact) mass is 514 g/mol. The van der Waals surface area contributed by atoms with E-state index in [9.17, 15) is 4.79 Å². The first-order chi connectivity index (χ1) is 15.6. The number of ether oxygens (including phenoxy) is 1. The molecule has 3 rings (SSSR count). The second kappa shape index (κ2) is 12.5. The maximum absolute atomic E-state index is 13.1. The molecule has 1 heterocycles. The molecule has 0 aromatic heterocycles. The maximum atomic E-state index is 13.1. The highest BCUT2D eigenvalue weighted by Crippen LogP contribution is 2.21. The van der Waals surface area contributed by atoms with Gasteiger partial charge in [-0.2, -0.15) is 5.26 Å². The van der Waals surface area contributed by atoms with Crippen LogP contribution in [-0.2, 0) is 17.8 Å². The number of nitriles is 1. The summed E-state index contributed by atoms with van der Waals surface area (Å²) in [4.78, 5) is 21.0. The van der Waals surface area contributed by atoms with E-state index in [0.717, 1.165) is 47.6 Å². The Morgan fingerprint density at radius 1 is 1.19 bits per heavy atom. The molecule has 8 heteroatoms. The summed E-state index contributed by atoms with van der Waals surface area (Å²) in [6.07, 6.45) is 5.91. The molecule has 0 aliphatic carbocycles. The number of hydrogen-bond donors (Lipinski definition) is 0. The van der Waals surface area contributed by atoms with Crippen molar-refractivity contribution in [3.05, 3.63) is 70.2 Å². The highest BCUT2D eigenvalue weighted by molar-refractivity contribution is 9.10. The highest BCUT2D eigenvalue weighted by atomic mass is 79.9. The fourth-order valence-corrected chi connectivity index (χ4v) is 4.62. The summed E-state index contributed by atoms with van der Waals surface area (Å²) in [5, 5.41) is 9.65. The molecule has 6 nitrogen and oxygen atoms in total. The SMILES string of the molecule is CS/C(=N\C#N)N1CCC(N(CCc2ccc(Br)cc2)C(=O)OCc2ccccc2)CC1. The minimum absolute atomic E-state index is 0.0927. The molecular formula is C24H27BrN4O2S. The Labute approximate surface area is 202 Å². The molecule has 32 heavy (non-hydrogen) atoms. The van der Waals surface area contributed by atoms with Crippen molar-refractivity contribution in [1.82, 2.24) is 9.80 Å². The number of hydrogen-bond acceptors (Lipinski definition) is 5. The van der Waals surface area contributed by atoms with Gasteiger partial charge in [0.15, 0.2) is 5.17 Å². The number of halogens is 1. The largest absolute Gasteiger partial charge is 0.445 e. The minimum atomic E-state index is -0.278. The maximum Gasteiger partial charge on any atom is 0.410 e. The minimum Gasteiger partial charge on any atom is -0.445 e. The zero-order valence-corrected chi connectivity index (χ0v) is 20.5. The van der Waals surface area contributed by atoms with Gasteiger partial charge < -0.3 is 14.5 Å². The molecule has 0 saturated carbocycles. The van der Waals surface area contributed by atoms with Gasteiger partial charge in [0.2, 0.25) is 6.19 Å². The molecule has 0 atom stereocenters. The van der Waals surface area contributed by atoms with E-state index in [2.05, 4.69) is 38.0 Å². The number of amidine groups is 1. The van der Waals surface area contributed by atoms with Crippen LogP contribution in [0.1, 0.15) is 24.0 Å². The average Bonchev–Trinajstić information content (AvgIpc) is 2.83. The highest BCUT2D eigenvalue weighted by Gasteiger charge is 2.30. The number of amides is 1. The van der Waals surface area contributed by atoms with E-state index >= 15 is 0 Å². The van der Waals surface area contributed by atoms with Crippen LogP contribution < -0.4 is 0 Å². The molecule has 168 valence electrons. The number of aliphatic imine (C=N–C) groups is 1. The van der Waals surface area contributed by atoms with Gasteiger partial charge >= 0.3 is 6.09 Å². The first kappa shape index (κ1) is 24.1. The topological polar surface area (TPSA) is 68.9 Å². The molecule has 2 aromatic carbocycles. The lowest BCUT2D eigenvalue weighted by atomic mass is 10.0. The van der Waals surface area contributed by atoms with Crippen molar-refractivity contribution in [2.45, 2.75) is 31.9 Å². The van der Waals surface area contributed by atoms with Crippen LogP contribution in [0.5, 0.6) is 0 Å². The Kier molecular flexibility index (Phi) is 9.44. The van der Waals surface area contributed by atoms with E-state index in [0.29, 0.717) is 6.54 Å². The predicted octanol–water partition coefficient (Wildman–Crippen LogP) is 5.29. The van der Waals surface area contributed by atoms with Crippen molar-refractivity contribution in [2.24, 2.45) is 4.99 Å². The van der Waals surface area contributed by atoms with E-state index in [1.807, 2.05) is 59.8 Å². The van der Waals surface area contributed by atoms with Crippen molar-refractivity contribution in [3.8, 4) is 6.19 Å². The van der Waals surface area contributed by atoms with Crippen LogP contribution in [0, 0.1) is 11.5 Å². The molecule has 1 fully saturated rings. The number of thioether (sulfide) groups is 1. The fraction of sp³-hybridized carbons (Fsp3) is 0.375. The molecular weight excluding hydrogens is 488 g/mol. The summed E-state index contributed by atoms with van der Waals surface area (Å²) in [7, 11) is 0. The van der Waals surface area contributed by atoms with E-state index in [1.165, 1.54) is 17.3 Å². The normalized spacial score (nSPS) is 14.7. The van der Waals surface area contributed by atoms with Gasteiger partial charge in [-0.1, -0.05) is 70.2 Å². The quantitative estimate of drug-likeness (QED) is 0.297. The van der Waals surface area contributed by atoms with Gasteiger partial charge in [-0.3, -0.25) is 0 Å². The summed E-state index contributed by atoms with van der Waals surface area (Å²) >= 11 is 4.94. The second-order valence-corrected chi connectivity index (χ2v) is 9.22. The lowest BCUT2D eigenvalue weighted by Crippen LogP contribution is -2.49.